The summed E-state index contributed by atoms with van der Waals surface area (Å²) in [6, 6.07) is 0.304. The number of alkyl halides is 3. The molecule has 18 heavy (non-hydrogen) atoms. The van der Waals surface area contributed by atoms with E-state index in [4.69, 9.17) is 0 Å². The summed E-state index contributed by atoms with van der Waals surface area (Å²) < 4.78 is 37.0. The monoisotopic (exact) mass is 280 g/mol. The molecular weight excluding hydrogens is 261 g/mol. The minimum absolute atomic E-state index is 0.146. The first kappa shape index (κ1) is 15.4. The first-order valence-corrected chi connectivity index (χ1v) is 6.79. The zero-order valence-electron chi connectivity index (χ0n) is 11.1. The van der Waals surface area contributed by atoms with E-state index in [1.165, 1.54) is 0 Å². The molecule has 6 heteroatoms. The number of halogens is 3. The summed E-state index contributed by atoms with van der Waals surface area (Å²) in [5.74, 6) is 0.146. The Hall–Kier alpha value is -0.620. The number of aromatic nitrogens is 1. The summed E-state index contributed by atoms with van der Waals surface area (Å²) in [6.45, 7) is 8.50. The maximum absolute atomic E-state index is 12.3. The standard InChI is InChI=1S/C12H19F3N2S/c1-7(2)11-9(6-16-8(3)4)18-10(17-11)5-12(13,14)15/h7-8,16H,5-6H2,1-4H3. The highest BCUT2D eigenvalue weighted by Gasteiger charge is 2.30. The van der Waals surface area contributed by atoms with Gasteiger partial charge >= 0.3 is 6.18 Å². The van der Waals surface area contributed by atoms with Crippen molar-refractivity contribution < 1.29 is 13.2 Å². The molecule has 0 bridgehead atoms. The average Bonchev–Trinajstić information content (AvgIpc) is 2.55. The van der Waals surface area contributed by atoms with Crippen molar-refractivity contribution in [2.24, 2.45) is 0 Å². The first-order valence-electron chi connectivity index (χ1n) is 5.97. The van der Waals surface area contributed by atoms with E-state index in [0.717, 1.165) is 21.9 Å². The quantitative estimate of drug-likeness (QED) is 0.885. The van der Waals surface area contributed by atoms with Gasteiger partial charge in [-0.2, -0.15) is 13.2 Å². The Bertz CT molecular complexity index is 383. The summed E-state index contributed by atoms with van der Waals surface area (Å²) in [5.41, 5.74) is 0.785. The summed E-state index contributed by atoms with van der Waals surface area (Å²) >= 11 is 1.16. The van der Waals surface area contributed by atoms with Crippen molar-refractivity contribution >= 4 is 11.3 Å². The van der Waals surface area contributed by atoms with Gasteiger partial charge in [-0.1, -0.05) is 27.7 Å². The SMILES string of the molecule is CC(C)NCc1sc(CC(F)(F)F)nc1C(C)C. The summed E-state index contributed by atoms with van der Waals surface area (Å²) in [4.78, 5) is 5.05. The van der Waals surface area contributed by atoms with Crippen LogP contribution in [0.15, 0.2) is 0 Å². The van der Waals surface area contributed by atoms with Crippen molar-refractivity contribution in [2.45, 2.75) is 58.8 Å². The van der Waals surface area contributed by atoms with E-state index in [2.05, 4.69) is 10.3 Å². The van der Waals surface area contributed by atoms with Gasteiger partial charge in [0, 0.05) is 17.5 Å². The van der Waals surface area contributed by atoms with Gasteiger partial charge in [0.1, 0.15) is 5.01 Å². The predicted molar refractivity (Wildman–Crippen MR) is 67.9 cm³/mol. The Labute approximate surface area is 110 Å². The zero-order chi connectivity index (χ0) is 13.9. The lowest BCUT2D eigenvalue weighted by Gasteiger charge is -2.09. The van der Waals surface area contributed by atoms with Crippen LogP contribution in [0.3, 0.4) is 0 Å². The minimum atomic E-state index is -4.19. The van der Waals surface area contributed by atoms with Gasteiger partial charge in [0.25, 0.3) is 0 Å². The Morgan fingerprint density at radius 3 is 2.28 bits per heavy atom. The molecule has 1 aromatic heterocycles. The molecule has 0 radical (unpaired) electrons. The Balaban J connectivity index is 2.87. The third-order valence-electron chi connectivity index (χ3n) is 2.34. The van der Waals surface area contributed by atoms with E-state index in [1.54, 1.807) is 0 Å². The van der Waals surface area contributed by atoms with Crippen LogP contribution in [0.5, 0.6) is 0 Å². The predicted octanol–water partition coefficient (Wildman–Crippen LogP) is 3.87. The molecule has 1 heterocycles. The zero-order valence-corrected chi connectivity index (χ0v) is 11.9. The van der Waals surface area contributed by atoms with Crippen LogP contribution in [-0.2, 0) is 13.0 Å². The molecule has 1 N–H and O–H groups in total. The van der Waals surface area contributed by atoms with Crippen LogP contribution in [0.1, 0.15) is 49.2 Å². The van der Waals surface area contributed by atoms with Gasteiger partial charge < -0.3 is 5.32 Å². The number of nitrogens with one attached hydrogen (secondary N) is 1. The van der Waals surface area contributed by atoms with E-state index in [0.29, 0.717) is 12.6 Å². The molecule has 0 aliphatic heterocycles. The van der Waals surface area contributed by atoms with Gasteiger partial charge in [-0.05, 0) is 5.92 Å². The van der Waals surface area contributed by atoms with E-state index < -0.39 is 12.6 Å². The lowest BCUT2D eigenvalue weighted by atomic mass is 10.1. The molecule has 0 saturated carbocycles. The molecule has 0 unspecified atom stereocenters. The van der Waals surface area contributed by atoms with Crippen LogP contribution in [0.2, 0.25) is 0 Å². The molecule has 0 aliphatic carbocycles. The highest BCUT2D eigenvalue weighted by Crippen LogP contribution is 2.29. The second kappa shape index (κ2) is 6.02. The van der Waals surface area contributed by atoms with Crippen LogP contribution in [-0.4, -0.2) is 17.2 Å². The van der Waals surface area contributed by atoms with Crippen molar-refractivity contribution in [1.82, 2.24) is 10.3 Å². The maximum atomic E-state index is 12.3. The number of nitrogens with zero attached hydrogens (tertiary/aromatic N) is 1. The van der Waals surface area contributed by atoms with Crippen LogP contribution in [0.25, 0.3) is 0 Å². The molecule has 1 rings (SSSR count). The third-order valence-corrected chi connectivity index (χ3v) is 3.41. The Morgan fingerprint density at radius 2 is 1.83 bits per heavy atom. The van der Waals surface area contributed by atoms with Crippen molar-refractivity contribution in [3.05, 3.63) is 15.6 Å². The minimum Gasteiger partial charge on any atom is -0.310 e. The second-order valence-electron chi connectivity index (χ2n) is 4.90. The van der Waals surface area contributed by atoms with Gasteiger partial charge in [-0.15, -0.1) is 11.3 Å². The van der Waals surface area contributed by atoms with E-state index in [-0.39, 0.29) is 10.9 Å². The fraction of sp³-hybridized carbons (Fsp3) is 0.750. The van der Waals surface area contributed by atoms with Crippen LogP contribution in [0, 0.1) is 0 Å². The molecule has 0 spiro atoms. The smallest absolute Gasteiger partial charge is 0.310 e. The number of rotatable bonds is 5. The molecule has 0 saturated heterocycles. The Morgan fingerprint density at radius 1 is 1.22 bits per heavy atom. The highest BCUT2D eigenvalue weighted by atomic mass is 32.1. The lowest BCUT2D eigenvalue weighted by Crippen LogP contribution is -2.22. The fourth-order valence-corrected chi connectivity index (χ4v) is 2.74. The number of hydrogen-bond acceptors (Lipinski definition) is 3. The van der Waals surface area contributed by atoms with E-state index in [9.17, 15) is 13.2 Å². The summed E-state index contributed by atoms with van der Waals surface area (Å²) in [6.07, 6.45) is -5.12. The van der Waals surface area contributed by atoms with Crippen molar-refractivity contribution in [3.63, 3.8) is 0 Å². The van der Waals surface area contributed by atoms with Crippen molar-refractivity contribution in [2.75, 3.05) is 0 Å². The van der Waals surface area contributed by atoms with Crippen molar-refractivity contribution in [3.8, 4) is 0 Å². The molecule has 1 aromatic rings. The van der Waals surface area contributed by atoms with Crippen LogP contribution >= 0.6 is 11.3 Å². The number of hydrogen-bond donors (Lipinski definition) is 1. The normalized spacial score (nSPS) is 12.7. The number of thiazole rings is 1. The molecular formula is C12H19F3N2S. The van der Waals surface area contributed by atoms with Gasteiger partial charge in [0.15, 0.2) is 0 Å². The van der Waals surface area contributed by atoms with Crippen molar-refractivity contribution in [1.29, 1.82) is 0 Å². The summed E-state index contributed by atoms with van der Waals surface area (Å²) in [7, 11) is 0. The highest BCUT2D eigenvalue weighted by molar-refractivity contribution is 7.11. The third kappa shape index (κ3) is 4.94. The van der Waals surface area contributed by atoms with Gasteiger partial charge in [-0.3, -0.25) is 0 Å². The van der Waals surface area contributed by atoms with E-state index >= 15 is 0 Å². The van der Waals surface area contributed by atoms with Gasteiger partial charge in [-0.25, -0.2) is 4.98 Å². The average molecular weight is 280 g/mol. The van der Waals surface area contributed by atoms with Crippen LogP contribution in [0.4, 0.5) is 13.2 Å². The molecule has 0 fully saturated rings. The molecule has 2 nitrogen and oxygen atoms in total. The molecule has 0 aliphatic rings. The van der Waals surface area contributed by atoms with Gasteiger partial charge in [0.2, 0.25) is 0 Å². The van der Waals surface area contributed by atoms with E-state index in [1.807, 2.05) is 27.7 Å². The first-order chi connectivity index (χ1) is 8.19. The lowest BCUT2D eigenvalue weighted by molar-refractivity contribution is -0.127. The summed E-state index contributed by atoms with van der Waals surface area (Å²) in [5, 5.41) is 3.38. The fourth-order valence-electron chi connectivity index (χ4n) is 1.54. The topological polar surface area (TPSA) is 24.9 Å². The maximum Gasteiger partial charge on any atom is 0.395 e. The molecule has 0 atom stereocenters. The molecule has 0 amide bonds. The second-order valence-corrected chi connectivity index (χ2v) is 6.07. The molecule has 0 aromatic carbocycles. The van der Waals surface area contributed by atoms with Crippen LogP contribution < -0.4 is 5.32 Å². The molecule has 104 valence electrons. The van der Waals surface area contributed by atoms with Gasteiger partial charge in [0.05, 0.1) is 12.1 Å². The largest absolute Gasteiger partial charge is 0.395 e. The Kier molecular flexibility index (Phi) is 5.16.